The Morgan fingerprint density at radius 1 is 1.17 bits per heavy atom. The number of nitrogens with zero attached hydrogens (tertiary/aromatic N) is 4. The number of nitrogens with two attached hydrogens (primary N) is 2. The van der Waals surface area contributed by atoms with Gasteiger partial charge >= 0.3 is 0 Å². The van der Waals surface area contributed by atoms with E-state index in [2.05, 4.69) is 41.5 Å². The Kier molecular flexibility index (Phi) is 7.19. The van der Waals surface area contributed by atoms with Crippen molar-refractivity contribution in [2.45, 2.75) is 5.03 Å². The van der Waals surface area contributed by atoms with Gasteiger partial charge in [0.15, 0.2) is 22.5 Å². The number of benzene rings is 2. The van der Waals surface area contributed by atoms with Gasteiger partial charge in [-0.15, -0.1) is 0 Å². The first-order valence-corrected chi connectivity index (χ1v) is 10.2. The molecule has 0 aliphatic carbocycles. The van der Waals surface area contributed by atoms with E-state index in [0.29, 0.717) is 39.1 Å². The Balaban J connectivity index is 1.58. The Bertz CT molecular complexity index is 1030. The van der Waals surface area contributed by atoms with Crippen molar-refractivity contribution in [1.82, 2.24) is 10.3 Å². The van der Waals surface area contributed by atoms with Crippen LogP contribution in [0.15, 0.2) is 72.6 Å². The standard InChI is InChI=1S/C18H17BrFN7OS/c19-13-10-12(6-7-14(13)20)24-16(21)15-17(27-28-26-15)29-9-8-23-18(22)25-11-4-2-1-3-5-11/h1-7,10H,8-9H2,(H2,21,24)(H3,22,23,25). The van der Waals surface area contributed by atoms with Crippen molar-refractivity contribution in [2.24, 2.45) is 21.5 Å². The first-order chi connectivity index (χ1) is 14.0. The van der Waals surface area contributed by atoms with Crippen LogP contribution in [0.5, 0.6) is 0 Å². The van der Waals surface area contributed by atoms with Gasteiger partial charge in [0.2, 0.25) is 0 Å². The lowest BCUT2D eigenvalue weighted by molar-refractivity contribution is 0.298. The van der Waals surface area contributed by atoms with E-state index >= 15 is 0 Å². The molecule has 1 aromatic heterocycles. The number of nitrogens with one attached hydrogen (secondary N) is 1. The number of hydrogen-bond donors (Lipinski definition) is 3. The number of hydrogen-bond acceptors (Lipinski definition) is 6. The molecule has 0 bridgehead atoms. The van der Waals surface area contributed by atoms with E-state index in [4.69, 9.17) is 16.1 Å². The minimum atomic E-state index is -0.386. The summed E-state index contributed by atoms with van der Waals surface area (Å²) in [5.41, 5.74) is 13.5. The number of guanidine groups is 1. The minimum Gasteiger partial charge on any atom is -0.382 e. The first-order valence-electron chi connectivity index (χ1n) is 8.40. The number of rotatable bonds is 7. The Morgan fingerprint density at radius 2 is 1.97 bits per heavy atom. The highest BCUT2D eigenvalue weighted by Gasteiger charge is 2.15. The molecule has 0 radical (unpaired) electrons. The molecule has 11 heteroatoms. The molecule has 0 aliphatic heterocycles. The summed E-state index contributed by atoms with van der Waals surface area (Å²) in [5, 5.41) is 11.1. The molecule has 0 amide bonds. The van der Waals surface area contributed by atoms with E-state index in [1.54, 1.807) is 0 Å². The number of anilines is 1. The van der Waals surface area contributed by atoms with Gasteiger partial charge in [0.05, 0.1) is 16.7 Å². The normalized spacial score (nSPS) is 12.2. The number of amidine groups is 1. The molecular formula is C18H17BrFN7OS. The molecule has 8 nitrogen and oxygen atoms in total. The predicted octanol–water partition coefficient (Wildman–Crippen LogP) is 3.53. The van der Waals surface area contributed by atoms with Gasteiger partial charge in [-0.25, -0.2) is 14.0 Å². The lowest BCUT2D eigenvalue weighted by Crippen LogP contribution is -2.23. The van der Waals surface area contributed by atoms with E-state index in [0.717, 1.165) is 5.69 Å². The molecule has 0 saturated carbocycles. The molecule has 0 spiro atoms. The number of thioether (sulfide) groups is 1. The van der Waals surface area contributed by atoms with Gasteiger partial charge in [-0.1, -0.05) is 30.0 Å². The fourth-order valence-electron chi connectivity index (χ4n) is 2.20. The summed E-state index contributed by atoms with van der Waals surface area (Å²) in [4.78, 5) is 8.49. The summed E-state index contributed by atoms with van der Waals surface area (Å²) in [6, 6.07) is 13.8. The van der Waals surface area contributed by atoms with Gasteiger partial charge < -0.3 is 16.8 Å². The molecule has 2 aromatic carbocycles. The Labute approximate surface area is 178 Å². The molecule has 150 valence electrons. The fraction of sp³-hybridized carbons (Fsp3) is 0.111. The van der Waals surface area contributed by atoms with Crippen molar-refractivity contribution in [3.8, 4) is 0 Å². The second kappa shape index (κ2) is 10.0. The van der Waals surface area contributed by atoms with Gasteiger partial charge in [0, 0.05) is 11.4 Å². The van der Waals surface area contributed by atoms with E-state index in [9.17, 15) is 4.39 Å². The van der Waals surface area contributed by atoms with Crippen LogP contribution in [0.1, 0.15) is 5.69 Å². The lowest BCUT2D eigenvalue weighted by atomic mass is 10.3. The quantitative estimate of drug-likeness (QED) is 0.205. The van der Waals surface area contributed by atoms with Gasteiger partial charge in [-0.3, -0.25) is 4.99 Å². The highest BCUT2D eigenvalue weighted by molar-refractivity contribution is 9.10. The number of aliphatic imine (C=N–C) groups is 2. The zero-order valence-corrected chi connectivity index (χ0v) is 17.5. The van der Waals surface area contributed by atoms with E-state index in [-0.39, 0.29) is 11.7 Å². The maximum Gasteiger partial charge on any atom is 0.193 e. The summed E-state index contributed by atoms with van der Waals surface area (Å²) in [5.74, 6) is 0.621. The summed E-state index contributed by atoms with van der Waals surface area (Å²) in [7, 11) is 0. The van der Waals surface area contributed by atoms with Crippen molar-refractivity contribution in [1.29, 1.82) is 0 Å². The summed E-state index contributed by atoms with van der Waals surface area (Å²) >= 11 is 4.47. The molecule has 3 rings (SSSR count). The number of para-hydroxylation sites is 1. The molecule has 0 fully saturated rings. The summed E-state index contributed by atoms with van der Waals surface area (Å²) in [6.07, 6.45) is 0. The van der Waals surface area contributed by atoms with Crippen molar-refractivity contribution in [3.05, 3.63) is 64.5 Å². The summed E-state index contributed by atoms with van der Waals surface area (Å²) < 4.78 is 18.4. The smallest absolute Gasteiger partial charge is 0.193 e. The molecule has 0 unspecified atom stereocenters. The fourth-order valence-corrected chi connectivity index (χ4v) is 3.30. The van der Waals surface area contributed by atoms with Crippen molar-refractivity contribution < 1.29 is 9.02 Å². The van der Waals surface area contributed by atoms with Gasteiger partial charge in [-0.2, -0.15) is 0 Å². The van der Waals surface area contributed by atoms with Gasteiger partial charge in [0.25, 0.3) is 0 Å². The van der Waals surface area contributed by atoms with Crippen molar-refractivity contribution >= 4 is 50.9 Å². The molecular weight excluding hydrogens is 461 g/mol. The molecule has 5 N–H and O–H groups in total. The highest BCUT2D eigenvalue weighted by Crippen LogP contribution is 2.24. The third-order valence-corrected chi connectivity index (χ3v) is 5.05. The van der Waals surface area contributed by atoms with Crippen molar-refractivity contribution in [3.63, 3.8) is 0 Å². The maximum atomic E-state index is 13.3. The minimum absolute atomic E-state index is 0.112. The van der Waals surface area contributed by atoms with Crippen LogP contribution in [0.2, 0.25) is 0 Å². The monoisotopic (exact) mass is 477 g/mol. The molecule has 0 saturated heterocycles. The average Bonchev–Trinajstić information content (AvgIpc) is 3.18. The third kappa shape index (κ3) is 6.03. The van der Waals surface area contributed by atoms with Crippen molar-refractivity contribution in [2.75, 3.05) is 17.6 Å². The van der Waals surface area contributed by atoms with Crippen LogP contribution >= 0.6 is 27.7 Å². The number of aromatic nitrogens is 2. The average molecular weight is 478 g/mol. The SMILES string of the molecule is NC(=NCCSc1nonc1C(N)=Nc1ccc(F)c(Br)c1)Nc1ccccc1. The zero-order chi connectivity index (χ0) is 20.6. The molecule has 3 aromatic rings. The van der Waals surface area contributed by atoms with Gasteiger partial charge in [-0.05, 0) is 56.6 Å². The zero-order valence-electron chi connectivity index (χ0n) is 15.0. The predicted molar refractivity (Wildman–Crippen MR) is 116 cm³/mol. The van der Waals surface area contributed by atoms with E-state index < -0.39 is 0 Å². The first kappa shape index (κ1) is 20.8. The van der Waals surface area contributed by atoms with Crippen LogP contribution in [0.4, 0.5) is 15.8 Å². The highest BCUT2D eigenvalue weighted by atomic mass is 79.9. The van der Waals surface area contributed by atoms with Crippen LogP contribution in [0, 0.1) is 5.82 Å². The van der Waals surface area contributed by atoms with Crippen LogP contribution in [-0.2, 0) is 0 Å². The Hall–Kier alpha value is -2.92. The molecule has 0 aliphatic rings. The van der Waals surface area contributed by atoms with Crippen LogP contribution in [0.25, 0.3) is 0 Å². The topological polar surface area (TPSA) is 128 Å². The lowest BCUT2D eigenvalue weighted by Gasteiger charge is -2.04. The maximum absolute atomic E-state index is 13.3. The molecule has 1 heterocycles. The summed E-state index contributed by atoms with van der Waals surface area (Å²) in [6.45, 7) is 0.449. The largest absolute Gasteiger partial charge is 0.382 e. The van der Waals surface area contributed by atoms with E-state index in [1.165, 1.54) is 30.0 Å². The molecule has 29 heavy (non-hydrogen) atoms. The second-order valence-electron chi connectivity index (χ2n) is 5.62. The van der Waals surface area contributed by atoms with E-state index in [1.807, 2.05) is 30.3 Å². The van der Waals surface area contributed by atoms with Gasteiger partial charge in [0.1, 0.15) is 5.82 Å². The van der Waals surface area contributed by atoms with Crippen LogP contribution < -0.4 is 16.8 Å². The third-order valence-electron chi connectivity index (χ3n) is 3.51. The second-order valence-corrected chi connectivity index (χ2v) is 7.56. The van der Waals surface area contributed by atoms with Crippen LogP contribution in [-0.4, -0.2) is 34.4 Å². The number of halogens is 2. The Morgan fingerprint density at radius 3 is 2.72 bits per heavy atom. The van der Waals surface area contributed by atoms with Crippen LogP contribution in [0.3, 0.4) is 0 Å². The molecule has 0 atom stereocenters.